The van der Waals surface area contributed by atoms with Gasteiger partial charge < -0.3 is 9.72 Å². The summed E-state index contributed by atoms with van der Waals surface area (Å²) in [7, 11) is 0. The molecule has 152 valence electrons. The van der Waals surface area contributed by atoms with Crippen molar-refractivity contribution >= 4 is 27.7 Å². The zero-order valence-corrected chi connectivity index (χ0v) is 17.0. The molecular formula is C18H16BrF2N5O3. The van der Waals surface area contributed by atoms with Crippen LogP contribution < -0.4 is 0 Å². The lowest BCUT2D eigenvalue weighted by molar-refractivity contribution is -0.141. The van der Waals surface area contributed by atoms with Crippen LogP contribution in [0.2, 0.25) is 0 Å². The Hall–Kier alpha value is -2.95. The maximum absolute atomic E-state index is 13.6. The lowest BCUT2D eigenvalue weighted by Crippen LogP contribution is -2.11. The molecule has 0 saturated heterocycles. The van der Waals surface area contributed by atoms with E-state index in [4.69, 9.17) is 4.74 Å². The van der Waals surface area contributed by atoms with Gasteiger partial charge in [-0.3, -0.25) is 9.59 Å². The molecule has 2 heterocycles. The standard InChI is InChI=1S/C18H16BrF2N5O3/c1-9-13(16(28)11-4-3-5-12(19)8-11)15(17(20)21)22-14(9)18-23-25-26(24-18)6-7-29-10(2)27/h3-5,8,17,22H,6-7H2,1-2H3. The first-order chi connectivity index (χ1) is 13.8. The van der Waals surface area contributed by atoms with Crippen LogP contribution >= 0.6 is 15.9 Å². The van der Waals surface area contributed by atoms with E-state index in [1.807, 2.05) is 0 Å². The van der Waals surface area contributed by atoms with Crippen molar-refractivity contribution < 1.29 is 23.1 Å². The topological polar surface area (TPSA) is 103 Å². The van der Waals surface area contributed by atoms with Gasteiger partial charge in [-0.25, -0.2) is 8.78 Å². The van der Waals surface area contributed by atoms with E-state index in [1.54, 1.807) is 31.2 Å². The summed E-state index contributed by atoms with van der Waals surface area (Å²) in [5.74, 6) is -0.924. The maximum atomic E-state index is 13.6. The number of nitrogens with one attached hydrogen (secondary N) is 1. The van der Waals surface area contributed by atoms with E-state index >= 15 is 0 Å². The molecule has 0 bridgehead atoms. The van der Waals surface area contributed by atoms with Gasteiger partial charge in [0.1, 0.15) is 6.61 Å². The highest BCUT2D eigenvalue weighted by Crippen LogP contribution is 2.33. The molecule has 0 spiro atoms. The van der Waals surface area contributed by atoms with Gasteiger partial charge in [0.25, 0.3) is 6.43 Å². The Morgan fingerprint density at radius 2 is 2.10 bits per heavy atom. The summed E-state index contributed by atoms with van der Waals surface area (Å²) in [6, 6.07) is 6.50. The van der Waals surface area contributed by atoms with Crippen molar-refractivity contribution in [2.45, 2.75) is 26.8 Å². The molecule has 3 aromatic rings. The highest BCUT2D eigenvalue weighted by atomic mass is 79.9. The van der Waals surface area contributed by atoms with Crippen LogP contribution in [-0.2, 0) is 16.1 Å². The number of ether oxygens (including phenoxy) is 1. The van der Waals surface area contributed by atoms with Crippen molar-refractivity contribution in [1.82, 2.24) is 25.2 Å². The molecule has 0 aliphatic heterocycles. The Balaban J connectivity index is 1.96. The number of rotatable bonds is 7. The molecule has 3 rings (SSSR count). The predicted octanol–water partition coefficient (Wildman–Crippen LogP) is 3.47. The van der Waals surface area contributed by atoms with E-state index in [0.29, 0.717) is 10.0 Å². The summed E-state index contributed by atoms with van der Waals surface area (Å²) in [4.78, 5) is 27.5. The molecule has 2 aromatic heterocycles. The summed E-state index contributed by atoms with van der Waals surface area (Å²) >= 11 is 3.27. The van der Waals surface area contributed by atoms with Gasteiger partial charge >= 0.3 is 5.97 Å². The summed E-state index contributed by atoms with van der Waals surface area (Å²) in [5, 5.41) is 11.8. The van der Waals surface area contributed by atoms with Gasteiger partial charge in [0.2, 0.25) is 5.82 Å². The van der Waals surface area contributed by atoms with E-state index in [1.165, 1.54) is 11.7 Å². The second kappa shape index (κ2) is 8.60. The largest absolute Gasteiger partial charge is 0.464 e. The molecule has 0 aliphatic rings. The Morgan fingerprint density at radius 3 is 2.76 bits per heavy atom. The van der Waals surface area contributed by atoms with Crippen LogP contribution in [0.1, 0.15) is 40.5 Å². The van der Waals surface area contributed by atoms with Crippen molar-refractivity contribution in [1.29, 1.82) is 0 Å². The van der Waals surface area contributed by atoms with E-state index in [2.05, 4.69) is 36.3 Å². The maximum Gasteiger partial charge on any atom is 0.302 e. The fraction of sp³-hybridized carbons (Fsp3) is 0.278. The number of tetrazole rings is 1. The van der Waals surface area contributed by atoms with Gasteiger partial charge in [-0.05, 0) is 29.8 Å². The molecule has 0 saturated carbocycles. The first-order valence-electron chi connectivity index (χ1n) is 8.50. The minimum absolute atomic E-state index is 0.0454. The number of halogens is 3. The third-order valence-electron chi connectivity index (χ3n) is 4.08. The number of alkyl halides is 2. The number of nitrogens with zero attached hydrogens (tertiary/aromatic N) is 4. The van der Waals surface area contributed by atoms with Crippen LogP contribution in [0.5, 0.6) is 0 Å². The van der Waals surface area contributed by atoms with Crippen LogP contribution in [0, 0.1) is 6.92 Å². The second-order valence-electron chi connectivity index (χ2n) is 6.10. The number of aromatic nitrogens is 5. The summed E-state index contributed by atoms with van der Waals surface area (Å²) in [6.45, 7) is 3.02. The fourth-order valence-electron chi connectivity index (χ4n) is 2.78. The lowest BCUT2D eigenvalue weighted by atomic mass is 9.99. The number of hydrogen-bond donors (Lipinski definition) is 1. The van der Waals surface area contributed by atoms with Gasteiger partial charge in [-0.2, -0.15) is 4.80 Å². The number of H-pyrrole nitrogens is 1. The minimum Gasteiger partial charge on any atom is -0.464 e. The molecule has 1 N–H and O–H groups in total. The Morgan fingerprint density at radius 1 is 1.34 bits per heavy atom. The highest BCUT2D eigenvalue weighted by molar-refractivity contribution is 9.10. The van der Waals surface area contributed by atoms with Crippen molar-refractivity contribution in [3.8, 4) is 11.5 Å². The number of benzene rings is 1. The molecule has 0 amide bonds. The smallest absolute Gasteiger partial charge is 0.302 e. The number of carbonyl (C=O) groups is 2. The number of esters is 1. The highest BCUT2D eigenvalue weighted by Gasteiger charge is 2.28. The van der Waals surface area contributed by atoms with Crippen molar-refractivity contribution in [3.63, 3.8) is 0 Å². The van der Waals surface area contributed by atoms with Crippen LogP contribution in [-0.4, -0.2) is 43.6 Å². The van der Waals surface area contributed by atoms with E-state index in [0.717, 1.165) is 0 Å². The van der Waals surface area contributed by atoms with Crippen molar-refractivity contribution in [2.75, 3.05) is 6.61 Å². The van der Waals surface area contributed by atoms with Crippen LogP contribution in [0.25, 0.3) is 11.5 Å². The van der Waals surface area contributed by atoms with E-state index < -0.39 is 23.9 Å². The van der Waals surface area contributed by atoms with Gasteiger partial charge in [-0.15, -0.1) is 10.2 Å². The summed E-state index contributed by atoms with van der Waals surface area (Å²) in [6.07, 6.45) is -2.90. The second-order valence-corrected chi connectivity index (χ2v) is 7.02. The van der Waals surface area contributed by atoms with Gasteiger partial charge in [0.15, 0.2) is 5.78 Å². The molecule has 0 atom stereocenters. The molecule has 11 heteroatoms. The zero-order valence-electron chi connectivity index (χ0n) is 15.4. The van der Waals surface area contributed by atoms with Crippen LogP contribution in [0.15, 0.2) is 28.7 Å². The number of hydrogen-bond acceptors (Lipinski definition) is 6. The van der Waals surface area contributed by atoms with Gasteiger partial charge in [0, 0.05) is 17.0 Å². The third kappa shape index (κ3) is 4.56. The average Bonchev–Trinajstić information content (AvgIpc) is 3.25. The Bertz CT molecular complexity index is 1060. The minimum atomic E-state index is -2.90. The number of ketones is 1. The van der Waals surface area contributed by atoms with Crippen LogP contribution in [0.4, 0.5) is 8.78 Å². The summed E-state index contributed by atoms with van der Waals surface area (Å²) in [5.41, 5.74) is 0.123. The first kappa shape index (κ1) is 20.8. The predicted molar refractivity (Wildman–Crippen MR) is 102 cm³/mol. The molecular weight excluding hydrogens is 452 g/mol. The van der Waals surface area contributed by atoms with Crippen molar-refractivity contribution in [2.24, 2.45) is 0 Å². The normalized spacial score (nSPS) is 11.1. The number of carbonyl (C=O) groups excluding carboxylic acids is 2. The molecule has 1 aromatic carbocycles. The third-order valence-corrected chi connectivity index (χ3v) is 4.58. The first-order valence-corrected chi connectivity index (χ1v) is 9.29. The van der Waals surface area contributed by atoms with Gasteiger partial charge in [0.05, 0.1) is 23.5 Å². The monoisotopic (exact) mass is 467 g/mol. The molecule has 0 fully saturated rings. The van der Waals surface area contributed by atoms with E-state index in [9.17, 15) is 18.4 Å². The number of aromatic amines is 1. The SMILES string of the molecule is CC(=O)OCCn1nnc(-c2[nH]c(C(F)F)c(C(=O)c3cccc(Br)c3)c2C)n1. The molecule has 0 aliphatic carbocycles. The Labute approximate surface area is 172 Å². The van der Waals surface area contributed by atoms with Crippen molar-refractivity contribution in [3.05, 3.63) is 51.1 Å². The van der Waals surface area contributed by atoms with Gasteiger partial charge in [-0.1, -0.05) is 28.1 Å². The molecule has 0 radical (unpaired) electrons. The molecule has 29 heavy (non-hydrogen) atoms. The average molecular weight is 468 g/mol. The summed E-state index contributed by atoms with van der Waals surface area (Å²) < 4.78 is 32.7. The zero-order chi connectivity index (χ0) is 21.1. The quantitative estimate of drug-likeness (QED) is 0.421. The van der Waals surface area contributed by atoms with E-state index in [-0.39, 0.29) is 35.8 Å². The fourth-order valence-corrected chi connectivity index (χ4v) is 3.18. The Kier molecular flexibility index (Phi) is 6.16. The lowest BCUT2D eigenvalue weighted by Gasteiger charge is -2.05. The molecule has 0 unspecified atom stereocenters. The van der Waals surface area contributed by atoms with Crippen LogP contribution in [0.3, 0.4) is 0 Å². The molecule has 8 nitrogen and oxygen atoms in total.